The Kier molecular flexibility index (Phi) is 3.19. The van der Waals surface area contributed by atoms with Crippen LogP contribution in [0.25, 0.3) is 0 Å². The molecule has 92 valence electrons. The van der Waals surface area contributed by atoms with E-state index in [1.807, 2.05) is 0 Å². The molecule has 1 aromatic rings. The Morgan fingerprint density at radius 2 is 2.47 bits per heavy atom. The van der Waals surface area contributed by atoms with Gasteiger partial charge in [-0.2, -0.15) is 0 Å². The Morgan fingerprint density at radius 3 is 3.18 bits per heavy atom. The van der Waals surface area contributed by atoms with Crippen LogP contribution in [0.4, 0.5) is 0 Å². The number of amides is 1. The first-order valence-corrected chi connectivity index (χ1v) is 5.45. The zero-order chi connectivity index (χ0) is 12.4. The number of aliphatic hydroxyl groups excluding tert-OH is 1. The number of benzene rings is 1. The van der Waals surface area contributed by atoms with Crippen LogP contribution >= 0.6 is 0 Å². The van der Waals surface area contributed by atoms with Crippen LogP contribution in [0.1, 0.15) is 18.6 Å². The molecule has 1 amide bonds. The molecule has 2 rings (SSSR count). The van der Waals surface area contributed by atoms with Crippen LogP contribution in [0.5, 0.6) is 11.5 Å². The van der Waals surface area contributed by atoms with Crippen LogP contribution in [0.2, 0.25) is 0 Å². The van der Waals surface area contributed by atoms with Crippen molar-refractivity contribution in [1.29, 1.82) is 0 Å². The molecule has 1 aliphatic rings. The molecule has 0 saturated carbocycles. The maximum atomic E-state index is 10.8. The standard InChI is InChI=1S/C12H15NO4/c1-7(12(13)15)5-16-8-2-3-9-10(14)6-17-11(9)4-8/h2-4,7,10,14H,5-6H2,1H3,(H2,13,15). The van der Waals surface area contributed by atoms with Gasteiger partial charge in [0.1, 0.15) is 24.2 Å². The van der Waals surface area contributed by atoms with Crippen molar-refractivity contribution in [3.63, 3.8) is 0 Å². The van der Waals surface area contributed by atoms with Gasteiger partial charge in [0.15, 0.2) is 0 Å². The van der Waals surface area contributed by atoms with Gasteiger partial charge in [-0.25, -0.2) is 0 Å². The number of hydrogen-bond acceptors (Lipinski definition) is 4. The smallest absolute Gasteiger partial charge is 0.223 e. The Balaban J connectivity index is 2.01. The summed E-state index contributed by atoms with van der Waals surface area (Å²) in [5, 5.41) is 9.54. The second-order valence-electron chi connectivity index (χ2n) is 4.14. The average molecular weight is 237 g/mol. The zero-order valence-corrected chi connectivity index (χ0v) is 9.55. The highest BCUT2D eigenvalue weighted by atomic mass is 16.5. The highest BCUT2D eigenvalue weighted by Crippen LogP contribution is 2.35. The number of carbonyl (C=O) groups is 1. The lowest BCUT2D eigenvalue weighted by molar-refractivity contribution is -0.122. The van der Waals surface area contributed by atoms with Gasteiger partial charge in [-0.1, -0.05) is 6.92 Å². The minimum Gasteiger partial charge on any atom is -0.493 e. The number of aliphatic hydroxyl groups is 1. The van der Waals surface area contributed by atoms with E-state index in [2.05, 4.69) is 0 Å². The molecule has 0 bridgehead atoms. The summed E-state index contributed by atoms with van der Waals surface area (Å²) in [5.41, 5.74) is 5.90. The molecule has 0 spiro atoms. The molecule has 3 N–H and O–H groups in total. The molecule has 5 nitrogen and oxygen atoms in total. The van der Waals surface area contributed by atoms with Crippen LogP contribution in [0.3, 0.4) is 0 Å². The second kappa shape index (κ2) is 4.63. The normalized spacial score (nSPS) is 19.3. The van der Waals surface area contributed by atoms with E-state index in [1.165, 1.54) is 0 Å². The molecule has 1 aromatic carbocycles. The number of carbonyl (C=O) groups excluding carboxylic acids is 1. The van der Waals surface area contributed by atoms with E-state index in [1.54, 1.807) is 25.1 Å². The first kappa shape index (κ1) is 11.7. The van der Waals surface area contributed by atoms with Crippen molar-refractivity contribution in [1.82, 2.24) is 0 Å². The SMILES string of the molecule is CC(COc1ccc2c(c1)OCC2O)C(N)=O. The number of nitrogens with two attached hydrogens (primary N) is 1. The second-order valence-corrected chi connectivity index (χ2v) is 4.14. The molecular formula is C12H15NO4. The van der Waals surface area contributed by atoms with Gasteiger partial charge in [0, 0.05) is 11.6 Å². The van der Waals surface area contributed by atoms with Gasteiger partial charge in [-0.05, 0) is 12.1 Å². The van der Waals surface area contributed by atoms with Crippen molar-refractivity contribution in [3.8, 4) is 11.5 Å². The highest BCUT2D eigenvalue weighted by molar-refractivity contribution is 5.76. The topological polar surface area (TPSA) is 81.8 Å². The van der Waals surface area contributed by atoms with Crippen LogP contribution in [-0.4, -0.2) is 24.2 Å². The summed E-state index contributed by atoms with van der Waals surface area (Å²) in [6.45, 7) is 2.21. The third-order valence-electron chi connectivity index (χ3n) is 2.73. The lowest BCUT2D eigenvalue weighted by atomic mass is 10.1. The monoisotopic (exact) mass is 237 g/mol. The van der Waals surface area contributed by atoms with E-state index in [-0.39, 0.29) is 19.1 Å². The summed E-state index contributed by atoms with van der Waals surface area (Å²) >= 11 is 0. The molecule has 0 aliphatic carbocycles. The van der Waals surface area contributed by atoms with Crippen LogP contribution in [0, 0.1) is 5.92 Å². The van der Waals surface area contributed by atoms with Crippen molar-refractivity contribution < 1.29 is 19.4 Å². The molecule has 17 heavy (non-hydrogen) atoms. The van der Waals surface area contributed by atoms with E-state index in [9.17, 15) is 9.90 Å². The molecule has 0 radical (unpaired) electrons. The number of fused-ring (bicyclic) bond motifs is 1. The molecular weight excluding hydrogens is 222 g/mol. The van der Waals surface area contributed by atoms with E-state index in [4.69, 9.17) is 15.2 Å². The van der Waals surface area contributed by atoms with E-state index < -0.39 is 12.0 Å². The lowest BCUT2D eigenvalue weighted by Gasteiger charge is -2.10. The Bertz CT molecular complexity index is 433. The molecule has 0 fully saturated rings. The number of hydrogen-bond donors (Lipinski definition) is 2. The fourth-order valence-electron chi connectivity index (χ4n) is 1.57. The Hall–Kier alpha value is -1.75. The lowest BCUT2D eigenvalue weighted by Crippen LogP contribution is -2.25. The molecule has 0 saturated heterocycles. The third-order valence-corrected chi connectivity index (χ3v) is 2.73. The molecule has 2 atom stereocenters. The Labute approximate surface area is 99.1 Å². The molecule has 0 aromatic heterocycles. The summed E-state index contributed by atoms with van der Waals surface area (Å²) in [6, 6.07) is 5.21. The van der Waals surface area contributed by atoms with Gasteiger partial charge in [0.05, 0.1) is 12.5 Å². The predicted molar refractivity (Wildman–Crippen MR) is 60.8 cm³/mol. The average Bonchev–Trinajstić information content (AvgIpc) is 2.67. The summed E-state index contributed by atoms with van der Waals surface area (Å²) in [4.78, 5) is 10.8. The first-order chi connectivity index (χ1) is 8.08. The van der Waals surface area contributed by atoms with Gasteiger partial charge in [0.25, 0.3) is 0 Å². The van der Waals surface area contributed by atoms with Crippen LogP contribution < -0.4 is 15.2 Å². The largest absolute Gasteiger partial charge is 0.493 e. The summed E-state index contributed by atoms with van der Waals surface area (Å²) < 4.78 is 10.7. The van der Waals surface area contributed by atoms with Crippen LogP contribution in [-0.2, 0) is 4.79 Å². The van der Waals surface area contributed by atoms with Crippen molar-refractivity contribution in [3.05, 3.63) is 23.8 Å². The predicted octanol–water partition coefficient (Wildman–Crippen LogP) is 0.613. The first-order valence-electron chi connectivity index (χ1n) is 5.45. The van der Waals surface area contributed by atoms with Gasteiger partial charge >= 0.3 is 0 Å². The summed E-state index contributed by atoms with van der Waals surface area (Å²) in [6.07, 6.45) is -0.566. The fraction of sp³-hybridized carbons (Fsp3) is 0.417. The maximum absolute atomic E-state index is 10.8. The van der Waals surface area contributed by atoms with E-state index in [0.29, 0.717) is 11.5 Å². The van der Waals surface area contributed by atoms with Crippen molar-refractivity contribution in [2.75, 3.05) is 13.2 Å². The van der Waals surface area contributed by atoms with Crippen molar-refractivity contribution >= 4 is 5.91 Å². The summed E-state index contributed by atoms with van der Waals surface area (Å²) in [5.74, 6) is 0.500. The Morgan fingerprint density at radius 1 is 1.71 bits per heavy atom. The number of rotatable bonds is 4. The van der Waals surface area contributed by atoms with E-state index >= 15 is 0 Å². The van der Waals surface area contributed by atoms with Crippen molar-refractivity contribution in [2.24, 2.45) is 11.7 Å². The number of ether oxygens (including phenoxy) is 2. The maximum Gasteiger partial charge on any atom is 0.223 e. The number of primary amides is 1. The fourth-order valence-corrected chi connectivity index (χ4v) is 1.57. The van der Waals surface area contributed by atoms with Gasteiger partial charge in [-0.15, -0.1) is 0 Å². The summed E-state index contributed by atoms with van der Waals surface area (Å²) in [7, 11) is 0. The van der Waals surface area contributed by atoms with Gasteiger partial charge in [-0.3, -0.25) is 4.79 Å². The molecule has 1 aliphatic heterocycles. The molecule has 1 heterocycles. The minimum atomic E-state index is -0.566. The van der Waals surface area contributed by atoms with E-state index in [0.717, 1.165) is 5.56 Å². The minimum absolute atomic E-state index is 0.233. The van der Waals surface area contributed by atoms with Gasteiger partial charge < -0.3 is 20.3 Å². The molecule has 5 heteroatoms. The molecule has 2 unspecified atom stereocenters. The zero-order valence-electron chi connectivity index (χ0n) is 9.55. The van der Waals surface area contributed by atoms with Crippen LogP contribution in [0.15, 0.2) is 18.2 Å². The highest BCUT2D eigenvalue weighted by Gasteiger charge is 2.22. The third kappa shape index (κ3) is 2.50. The van der Waals surface area contributed by atoms with Crippen molar-refractivity contribution in [2.45, 2.75) is 13.0 Å². The quantitative estimate of drug-likeness (QED) is 0.804. The van der Waals surface area contributed by atoms with Gasteiger partial charge in [0.2, 0.25) is 5.91 Å².